The number of carbonyl (C=O) groups is 2. The van der Waals surface area contributed by atoms with Crippen molar-refractivity contribution in [3.05, 3.63) is 24.7 Å². The molecular formula is C21H21N7O5. The summed E-state index contributed by atoms with van der Waals surface area (Å²) in [6.45, 7) is 5.06. The van der Waals surface area contributed by atoms with Gasteiger partial charge in [0.25, 0.3) is 0 Å². The minimum atomic E-state index is -1.03. The molecule has 12 nitrogen and oxygen atoms in total. The number of ether oxygens (including phenoxy) is 2. The van der Waals surface area contributed by atoms with Gasteiger partial charge in [-0.1, -0.05) is 0 Å². The van der Waals surface area contributed by atoms with Gasteiger partial charge in [0.2, 0.25) is 5.88 Å². The number of fused-ring (bicyclic) bond motifs is 2. The maximum atomic E-state index is 12.4. The molecule has 2 amide bonds. The minimum Gasteiger partial charge on any atom is -0.443 e. The number of imide groups is 1. The standard InChI is InChI=1S/C21H21N7O5/c1-21(2,3)32-20(30)25-19(29)31-18-14-12(8-28(10-4-5-10)17(14)23-9-24-18)11-6-7-13(22)16-15(11)26-33-27-16/h6-10H,4-5,22H2,1-3H3,(H,25,29,30). The van der Waals surface area contributed by atoms with Gasteiger partial charge in [-0.25, -0.2) is 29.5 Å². The molecule has 0 spiro atoms. The van der Waals surface area contributed by atoms with E-state index in [1.807, 2.05) is 16.1 Å². The minimum absolute atomic E-state index is 0.0168. The van der Waals surface area contributed by atoms with Crippen LogP contribution in [0.15, 0.2) is 29.3 Å². The maximum Gasteiger partial charge on any atom is 0.423 e. The second kappa shape index (κ2) is 7.43. The molecular weight excluding hydrogens is 430 g/mol. The van der Waals surface area contributed by atoms with E-state index in [2.05, 4.69) is 20.3 Å². The van der Waals surface area contributed by atoms with Gasteiger partial charge in [-0.2, -0.15) is 0 Å². The lowest BCUT2D eigenvalue weighted by molar-refractivity contribution is 0.0533. The van der Waals surface area contributed by atoms with Crippen molar-refractivity contribution in [3.8, 4) is 17.0 Å². The van der Waals surface area contributed by atoms with Crippen molar-refractivity contribution in [2.45, 2.75) is 45.3 Å². The Labute approximate surface area is 187 Å². The van der Waals surface area contributed by atoms with Crippen molar-refractivity contribution in [1.29, 1.82) is 0 Å². The van der Waals surface area contributed by atoms with Crippen LogP contribution in [0.5, 0.6) is 5.88 Å². The molecule has 4 aromatic rings. The van der Waals surface area contributed by atoms with Crippen molar-refractivity contribution in [2.24, 2.45) is 0 Å². The van der Waals surface area contributed by atoms with Gasteiger partial charge >= 0.3 is 12.2 Å². The predicted molar refractivity (Wildman–Crippen MR) is 116 cm³/mol. The zero-order valence-electron chi connectivity index (χ0n) is 18.2. The smallest absolute Gasteiger partial charge is 0.423 e. The fourth-order valence-electron chi connectivity index (χ4n) is 3.57. The monoisotopic (exact) mass is 451 g/mol. The molecule has 0 bridgehead atoms. The molecule has 1 fully saturated rings. The number of alkyl carbamates (subject to hydrolysis) is 1. The summed E-state index contributed by atoms with van der Waals surface area (Å²) in [7, 11) is 0. The van der Waals surface area contributed by atoms with Gasteiger partial charge < -0.3 is 19.8 Å². The molecule has 0 aliphatic heterocycles. The lowest BCUT2D eigenvalue weighted by atomic mass is 10.0. The number of hydrogen-bond acceptors (Lipinski definition) is 10. The van der Waals surface area contributed by atoms with Crippen LogP contribution in [0, 0.1) is 0 Å². The molecule has 1 aromatic carbocycles. The first-order valence-corrected chi connectivity index (χ1v) is 10.3. The first kappa shape index (κ1) is 20.7. The molecule has 1 aliphatic rings. The number of benzene rings is 1. The molecule has 0 unspecified atom stereocenters. The van der Waals surface area contributed by atoms with Crippen LogP contribution in [0.4, 0.5) is 15.3 Å². The van der Waals surface area contributed by atoms with Gasteiger partial charge in [0.05, 0.1) is 11.1 Å². The van der Waals surface area contributed by atoms with E-state index in [4.69, 9.17) is 19.8 Å². The third kappa shape index (κ3) is 3.90. The fourth-order valence-corrected chi connectivity index (χ4v) is 3.57. The lowest BCUT2D eigenvalue weighted by Gasteiger charge is -2.19. The van der Waals surface area contributed by atoms with Gasteiger partial charge in [0, 0.05) is 23.4 Å². The van der Waals surface area contributed by atoms with E-state index in [0.717, 1.165) is 12.8 Å². The third-order valence-corrected chi connectivity index (χ3v) is 5.04. The molecule has 3 aromatic heterocycles. The van der Waals surface area contributed by atoms with Crippen molar-refractivity contribution >= 4 is 39.9 Å². The molecule has 5 rings (SSSR count). The van der Waals surface area contributed by atoms with E-state index >= 15 is 0 Å². The van der Waals surface area contributed by atoms with E-state index < -0.39 is 17.8 Å². The number of nitrogens with zero attached hydrogens (tertiary/aromatic N) is 5. The van der Waals surface area contributed by atoms with E-state index in [1.165, 1.54) is 6.33 Å². The lowest BCUT2D eigenvalue weighted by Crippen LogP contribution is -2.38. The van der Waals surface area contributed by atoms with E-state index in [-0.39, 0.29) is 11.9 Å². The van der Waals surface area contributed by atoms with Crippen LogP contribution in [0.25, 0.3) is 33.2 Å². The third-order valence-electron chi connectivity index (χ3n) is 5.04. The molecule has 0 saturated heterocycles. The highest BCUT2D eigenvalue weighted by molar-refractivity contribution is 6.06. The highest BCUT2D eigenvalue weighted by Crippen LogP contribution is 2.44. The number of amides is 2. The average molecular weight is 451 g/mol. The zero-order valence-corrected chi connectivity index (χ0v) is 18.2. The number of rotatable bonds is 3. The second-order valence-electron chi connectivity index (χ2n) is 8.74. The number of aromatic nitrogens is 5. The van der Waals surface area contributed by atoms with Crippen LogP contribution < -0.4 is 15.8 Å². The Morgan fingerprint density at radius 2 is 1.88 bits per heavy atom. The summed E-state index contributed by atoms with van der Waals surface area (Å²) in [5, 5.41) is 10.4. The summed E-state index contributed by atoms with van der Waals surface area (Å²) in [6, 6.07) is 3.76. The first-order chi connectivity index (χ1) is 15.7. The largest absolute Gasteiger partial charge is 0.443 e. The van der Waals surface area contributed by atoms with Crippen LogP contribution in [-0.2, 0) is 4.74 Å². The number of nitrogens with one attached hydrogen (secondary N) is 1. The number of nitrogen functional groups attached to an aromatic ring is 1. The topological polar surface area (TPSA) is 160 Å². The Bertz CT molecular complexity index is 1400. The summed E-state index contributed by atoms with van der Waals surface area (Å²) in [4.78, 5) is 32.9. The summed E-state index contributed by atoms with van der Waals surface area (Å²) in [5.74, 6) is -0.0168. The Morgan fingerprint density at radius 3 is 2.61 bits per heavy atom. The van der Waals surface area contributed by atoms with E-state index in [0.29, 0.717) is 38.9 Å². The predicted octanol–water partition coefficient (Wildman–Crippen LogP) is 3.58. The van der Waals surface area contributed by atoms with Gasteiger partial charge in [-0.05, 0) is 56.1 Å². The van der Waals surface area contributed by atoms with Crippen molar-refractivity contribution in [2.75, 3.05) is 5.73 Å². The normalized spacial score (nSPS) is 13.9. The summed E-state index contributed by atoms with van der Waals surface area (Å²) >= 11 is 0. The number of nitrogens with two attached hydrogens (primary N) is 1. The second-order valence-corrected chi connectivity index (χ2v) is 8.74. The van der Waals surface area contributed by atoms with Crippen LogP contribution in [0.2, 0.25) is 0 Å². The van der Waals surface area contributed by atoms with E-state index in [1.54, 1.807) is 32.9 Å². The highest BCUT2D eigenvalue weighted by atomic mass is 16.6. The molecule has 12 heteroatoms. The zero-order chi connectivity index (χ0) is 23.3. The Morgan fingerprint density at radius 1 is 1.12 bits per heavy atom. The molecule has 170 valence electrons. The van der Waals surface area contributed by atoms with Crippen LogP contribution in [-0.4, -0.2) is 42.6 Å². The van der Waals surface area contributed by atoms with Gasteiger partial charge in [-0.3, -0.25) is 0 Å². The van der Waals surface area contributed by atoms with Crippen LogP contribution in [0.1, 0.15) is 39.7 Å². The van der Waals surface area contributed by atoms with Crippen molar-refractivity contribution in [3.63, 3.8) is 0 Å². The SMILES string of the molecule is CC(C)(C)OC(=O)NC(=O)Oc1ncnc2c1c(-c1ccc(N)c3nonc13)cn2C1CC1. The quantitative estimate of drug-likeness (QED) is 0.441. The van der Waals surface area contributed by atoms with Crippen LogP contribution in [0.3, 0.4) is 0 Å². The molecule has 0 radical (unpaired) electrons. The molecule has 3 heterocycles. The number of anilines is 1. The maximum absolute atomic E-state index is 12.4. The Hall–Kier alpha value is -4.22. The average Bonchev–Trinajstić information content (AvgIpc) is 3.30. The molecule has 1 aliphatic carbocycles. The van der Waals surface area contributed by atoms with Crippen molar-refractivity contribution in [1.82, 2.24) is 30.2 Å². The Kier molecular flexibility index (Phi) is 4.65. The molecule has 3 N–H and O–H groups in total. The van der Waals surface area contributed by atoms with Crippen molar-refractivity contribution < 1.29 is 23.7 Å². The van der Waals surface area contributed by atoms with Gasteiger partial charge in [0.1, 0.15) is 23.1 Å². The summed E-state index contributed by atoms with van der Waals surface area (Å²) < 4.78 is 17.4. The van der Waals surface area contributed by atoms with Gasteiger partial charge in [0.15, 0.2) is 5.52 Å². The Balaban J connectivity index is 1.58. The molecule has 1 saturated carbocycles. The summed E-state index contributed by atoms with van der Waals surface area (Å²) in [6.07, 6.45) is 3.27. The number of hydrogen-bond donors (Lipinski definition) is 2. The molecule has 33 heavy (non-hydrogen) atoms. The van der Waals surface area contributed by atoms with E-state index in [9.17, 15) is 9.59 Å². The fraction of sp³-hybridized carbons (Fsp3) is 0.333. The number of carbonyl (C=O) groups excluding carboxylic acids is 2. The highest BCUT2D eigenvalue weighted by Gasteiger charge is 2.30. The summed E-state index contributed by atoms with van der Waals surface area (Å²) in [5.41, 5.74) is 8.44. The molecule has 0 atom stereocenters. The van der Waals surface area contributed by atoms with Crippen LogP contribution >= 0.6 is 0 Å². The van der Waals surface area contributed by atoms with Gasteiger partial charge in [-0.15, -0.1) is 0 Å². The first-order valence-electron chi connectivity index (χ1n) is 10.3.